The van der Waals surface area contributed by atoms with Gasteiger partial charge in [-0.05, 0) is 32.0 Å². The number of amides is 1. The maximum atomic E-state index is 13.3. The van der Waals surface area contributed by atoms with Crippen molar-refractivity contribution in [3.05, 3.63) is 29.6 Å². The number of likely N-dealkylation sites (tertiary alicyclic amines) is 1. The van der Waals surface area contributed by atoms with Crippen LogP contribution in [0.5, 0.6) is 0 Å². The van der Waals surface area contributed by atoms with E-state index in [2.05, 4.69) is 15.2 Å². The van der Waals surface area contributed by atoms with Gasteiger partial charge in [-0.25, -0.2) is 9.37 Å². The molecular formula is C12H15F2N3O. The van der Waals surface area contributed by atoms with Crippen LogP contribution < -0.4 is 5.32 Å². The van der Waals surface area contributed by atoms with Crippen molar-refractivity contribution in [1.82, 2.24) is 15.2 Å². The Labute approximate surface area is 104 Å². The number of rotatable bonds is 3. The van der Waals surface area contributed by atoms with Crippen molar-refractivity contribution < 1.29 is 13.6 Å². The van der Waals surface area contributed by atoms with E-state index < -0.39 is 17.7 Å². The summed E-state index contributed by atoms with van der Waals surface area (Å²) in [5, 5.41) is 2.63. The molecule has 0 spiro atoms. The zero-order chi connectivity index (χ0) is 13.1. The summed E-state index contributed by atoms with van der Waals surface area (Å²) in [6.07, 6.45) is 2.08. The minimum atomic E-state index is -1.25. The van der Waals surface area contributed by atoms with E-state index in [1.54, 1.807) is 0 Å². The number of nitrogens with zero attached hydrogens (tertiary/aromatic N) is 2. The number of nitrogens with one attached hydrogen (secondary N) is 1. The summed E-state index contributed by atoms with van der Waals surface area (Å²) >= 11 is 0. The van der Waals surface area contributed by atoms with E-state index in [0.29, 0.717) is 12.5 Å². The molecule has 1 N–H and O–H groups in total. The minimum Gasteiger partial charge on any atom is -0.352 e. The Hall–Kier alpha value is -1.56. The number of carbonyl (C=O) groups is 1. The highest BCUT2D eigenvalue weighted by atomic mass is 19.2. The lowest BCUT2D eigenvalue weighted by Gasteiger charge is -2.11. The van der Waals surface area contributed by atoms with Gasteiger partial charge in [0.25, 0.3) is 5.91 Å². The molecule has 0 bridgehead atoms. The highest BCUT2D eigenvalue weighted by molar-refractivity contribution is 5.94. The molecule has 1 amide bonds. The number of aromatic nitrogens is 1. The normalized spacial score (nSPS) is 20.1. The molecule has 1 aromatic rings. The van der Waals surface area contributed by atoms with E-state index in [1.807, 2.05) is 7.05 Å². The largest absolute Gasteiger partial charge is 0.352 e. The molecule has 1 aliphatic heterocycles. The van der Waals surface area contributed by atoms with E-state index in [4.69, 9.17) is 0 Å². The van der Waals surface area contributed by atoms with Crippen LogP contribution in [0, 0.1) is 17.7 Å². The molecule has 1 atom stereocenters. The molecule has 0 aromatic carbocycles. The summed E-state index contributed by atoms with van der Waals surface area (Å²) in [5.41, 5.74) is -0.297. The van der Waals surface area contributed by atoms with Gasteiger partial charge in [0.2, 0.25) is 5.95 Å². The van der Waals surface area contributed by atoms with Gasteiger partial charge in [-0.15, -0.1) is 0 Å². The molecule has 1 unspecified atom stereocenters. The molecule has 1 saturated heterocycles. The Morgan fingerprint density at radius 2 is 2.39 bits per heavy atom. The number of halogens is 2. The topological polar surface area (TPSA) is 45.2 Å². The fraction of sp³-hybridized carbons (Fsp3) is 0.500. The van der Waals surface area contributed by atoms with Crippen molar-refractivity contribution >= 4 is 5.91 Å². The van der Waals surface area contributed by atoms with Gasteiger partial charge < -0.3 is 10.2 Å². The Morgan fingerprint density at radius 3 is 3.06 bits per heavy atom. The van der Waals surface area contributed by atoms with Gasteiger partial charge in [0, 0.05) is 19.3 Å². The van der Waals surface area contributed by atoms with Crippen LogP contribution in [-0.4, -0.2) is 42.5 Å². The smallest absolute Gasteiger partial charge is 0.254 e. The molecule has 2 heterocycles. The van der Waals surface area contributed by atoms with Crippen molar-refractivity contribution in [3.63, 3.8) is 0 Å². The average Bonchev–Trinajstić information content (AvgIpc) is 2.76. The summed E-state index contributed by atoms with van der Waals surface area (Å²) in [4.78, 5) is 17.0. The Bertz CT molecular complexity index is 453. The first-order valence-electron chi connectivity index (χ1n) is 5.84. The van der Waals surface area contributed by atoms with Gasteiger partial charge in [0.1, 0.15) is 0 Å². The number of hydrogen-bond acceptors (Lipinski definition) is 3. The van der Waals surface area contributed by atoms with Crippen molar-refractivity contribution in [2.45, 2.75) is 6.42 Å². The van der Waals surface area contributed by atoms with Gasteiger partial charge in [0.05, 0.1) is 5.56 Å². The summed E-state index contributed by atoms with van der Waals surface area (Å²) in [7, 11) is 2.01. The predicted molar refractivity (Wildman–Crippen MR) is 62.1 cm³/mol. The number of pyridine rings is 1. The van der Waals surface area contributed by atoms with Crippen LogP contribution in [0.4, 0.5) is 8.78 Å². The predicted octanol–water partition coefficient (Wildman–Crippen LogP) is 1.04. The summed E-state index contributed by atoms with van der Waals surface area (Å²) in [6.45, 7) is 2.39. The third kappa shape index (κ3) is 2.81. The monoisotopic (exact) mass is 255 g/mol. The molecule has 1 fully saturated rings. The third-order valence-corrected chi connectivity index (χ3v) is 3.13. The molecule has 98 valence electrons. The minimum absolute atomic E-state index is 0.297. The Balaban J connectivity index is 1.94. The summed E-state index contributed by atoms with van der Waals surface area (Å²) < 4.78 is 26.2. The van der Waals surface area contributed by atoms with E-state index in [0.717, 1.165) is 25.7 Å². The molecule has 2 rings (SSSR count). The van der Waals surface area contributed by atoms with Crippen LogP contribution >= 0.6 is 0 Å². The second-order valence-electron chi connectivity index (χ2n) is 4.59. The molecular weight excluding hydrogens is 240 g/mol. The second-order valence-corrected chi connectivity index (χ2v) is 4.59. The van der Waals surface area contributed by atoms with Crippen molar-refractivity contribution in [1.29, 1.82) is 0 Å². The van der Waals surface area contributed by atoms with Gasteiger partial charge in [-0.1, -0.05) is 0 Å². The lowest BCUT2D eigenvalue weighted by molar-refractivity contribution is 0.0942. The number of hydrogen-bond donors (Lipinski definition) is 1. The molecule has 0 radical (unpaired) electrons. The van der Waals surface area contributed by atoms with E-state index in [1.165, 1.54) is 6.07 Å². The van der Waals surface area contributed by atoms with Crippen molar-refractivity contribution in [2.24, 2.45) is 5.92 Å². The molecule has 0 aliphatic carbocycles. The molecule has 1 aromatic heterocycles. The first-order chi connectivity index (χ1) is 8.58. The quantitative estimate of drug-likeness (QED) is 0.821. The molecule has 0 saturated carbocycles. The highest BCUT2D eigenvalue weighted by Crippen LogP contribution is 2.14. The average molecular weight is 255 g/mol. The van der Waals surface area contributed by atoms with Gasteiger partial charge >= 0.3 is 0 Å². The Morgan fingerprint density at radius 1 is 1.61 bits per heavy atom. The van der Waals surface area contributed by atoms with Crippen LogP contribution in [0.1, 0.15) is 16.8 Å². The summed E-state index contributed by atoms with van der Waals surface area (Å²) in [6, 6.07) is 1.18. The highest BCUT2D eigenvalue weighted by Gasteiger charge is 2.21. The fourth-order valence-corrected chi connectivity index (χ4v) is 2.12. The van der Waals surface area contributed by atoms with Crippen molar-refractivity contribution in [3.8, 4) is 0 Å². The standard InChI is InChI=1S/C12H15F2N3O/c1-17-5-3-8(7-17)6-16-12(18)9-2-4-15-11(14)10(9)13/h2,4,8H,3,5-7H2,1H3,(H,16,18). The second kappa shape index (κ2) is 5.39. The van der Waals surface area contributed by atoms with Gasteiger partial charge in [-0.2, -0.15) is 4.39 Å². The van der Waals surface area contributed by atoms with E-state index >= 15 is 0 Å². The fourth-order valence-electron chi connectivity index (χ4n) is 2.12. The Kier molecular flexibility index (Phi) is 3.86. The lowest BCUT2D eigenvalue weighted by atomic mass is 10.1. The third-order valence-electron chi connectivity index (χ3n) is 3.13. The molecule has 18 heavy (non-hydrogen) atoms. The first-order valence-corrected chi connectivity index (χ1v) is 5.84. The lowest BCUT2D eigenvalue weighted by Crippen LogP contribution is -2.31. The number of carbonyl (C=O) groups excluding carboxylic acids is 1. The van der Waals surface area contributed by atoms with Crippen LogP contribution in [0.3, 0.4) is 0 Å². The van der Waals surface area contributed by atoms with Crippen LogP contribution in [0.25, 0.3) is 0 Å². The zero-order valence-electron chi connectivity index (χ0n) is 10.1. The first kappa shape index (κ1) is 12.9. The molecule has 1 aliphatic rings. The molecule has 6 heteroatoms. The maximum absolute atomic E-state index is 13.3. The van der Waals surface area contributed by atoms with Crippen LogP contribution in [-0.2, 0) is 0 Å². The van der Waals surface area contributed by atoms with Crippen molar-refractivity contribution in [2.75, 3.05) is 26.7 Å². The van der Waals surface area contributed by atoms with Crippen LogP contribution in [0.15, 0.2) is 12.3 Å². The van der Waals surface area contributed by atoms with Gasteiger partial charge in [0.15, 0.2) is 5.82 Å². The molecule has 4 nitrogen and oxygen atoms in total. The maximum Gasteiger partial charge on any atom is 0.254 e. The van der Waals surface area contributed by atoms with Gasteiger partial charge in [-0.3, -0.25) is 4.79 Å². The zero-order valence-corrected chi connectivity index (χ0v) is 10.1. The van der Waals surface area contributed by atoms with Crippen LogP contribution in [0.2, 0.25) is 0 Å². The van der Waals surface area contributed by atoms with E-state index in [9.17, 15) is 13.6 Å². The summed E-state index contributed by atoms with van der Waals surface area (Å²) in [5.74, 6) is -2.67. The SMILES string of the molecule is CN1CCC(CNC(=O)c2ccnc(F)c2F)C1. The van der Waals surface area contributed by atoms with E-state index in [-0.39, 0.29) is 5.56 Å².